The standard InChI is InChI=1S/C15H24ClN/c1-11(2)9-17-10-14(12(3)4)13-7-5-6-8-15(13)16/h5-8,11-12,14,17H,9-10H2,1-4H3. The summed E-state index contributed by atoms with van der Waals surface area (Å²) in [6.45, 7) is 11.0. The van der Waals surface area contributed by atoms with Crippen molar-refractivity contribution >= 4 is 11.6 Å². The Morgan fingerprint density at radius 1 is 1.06 bits per heavy atom. The van der Waals surface area contributed by atoms with E-state index in [-0.39, 0.29) is 0 Å². The second kappa shape index (κ2) is 7.03. The van der Waals surface area contributed by atoms with E-state index in [9.17, 15) is 0 Å². The highest BCUT2D eigenvalue weighted by molar-refractivity contribution is 6.31. The van der Waals surface area contributed by atoms with Gasteiger partial charge >= 0.3 is 0 Å². The molecule has 0 aliphatic carbocycles. The summed E-state index contributed by atoms with van der Waals surface area (Å²) in [6, 6.07) is 8.18. The predicted molar refractivity (Wildman–Crippen MR) is 76.7 cm³/mol. The van der Waals surface area contributed by atoms with Gasteiger partial charge in [0.25, 0.3) is 0 Å². The molecule has 17 heavy (non-hydrogen) atoms. The first-order chi connectivity index (χ1) is 8.02. The first-order valence-electron chi connectivity index (χ1n) is 6.47. The average molecular weight is 254 g/mol. The average Bonchev–Trinajstić information content (AvgIpc) is 2.25. The fraction of sp³-hybridized carbons (Fsp3) is 0.600. The van der Waals surface area contributed by atoms with Gasteiger partial charge in [-0.1, -0.05) is 57.5 Å². The van der Waals surface area contributed by atoms with Gasteiger partial charge in [-0.15, -0.1) is 0 Å². The molecule has 0 saturated carbocycles. The van der Waals surface area contributed by atoms with E-state index >= 15 is 0 Å². The molecule has 0 radical (unpaired) electrons. The molecule has 2 heteroatoms. The van der Waals surface area contributed by atoms with Gasteiger partial charge in [0.05, 0.1) is 0 Å². The molecule has 0 aliphatic heterocycles. The molecule has 1 aromatic rings. The minimum Gasteiger partial charge on any atom is -0.316 e. The van der Waals surface area contributed by atoms with Crippen LogP contribution in [0.4, 0.5) is 0 Å². The van der Waals surface area contributed by atoms with Gasteiger partial charge < -0.3 is 5.32 Å². The summed E-state index contributed by atoms with van der Waals surface area (Å²) in [5.74, 6) is 1.77. The zero-order valence-corrected chi connectivity index (χ0v) is 12.1. The maximum absolute atomic E-state index is 6.28. The van der Waals surface area contributed by atoms with Crippen LogP contribution in [0.5, 0.6) is 0 Å². The molecule has 0 aliphatic rings. The van der Waals surface area contributed by atoms with Crippen molar-refractivity contribution in [1.82, 2.24) is 5.32 Å². The lowest BCUT2D eigenvalue weighted by molar-refractivity contribution is 0.442. The van der Waals surface area contributed by atoms with Gasteiger partial charge in [0.15, 0.2) is 0 Å². The van der Waals surface area contributed by atoms with Gasteiger partial charge in [0.2, 0.25) is 0 Å². The molecule has 1 N–H and O–H groups in total. The third kappa shape index (κ3) is 4.69. The first kappa shape index (κ1) is 14.5. The van der Waals surface area contributed by atoms with Crippen LogP contribution in [0.2, 0.25) is 5.02 Å². The highest BCUT2D eigenvalue weighted by Gasteiger charge is 2.17. The van der Waals surface area contributed by atoms with Gasteiger partial charge in [-0.3, -0.25) is 0 Å². The molecule has 0 bridgehead atoms. The number of hydrogen-bond donors (Lipinski definition) is 1. The molecule has 0 saturated heterocycles. The highest BCUT2D eigenvalue weighted by atomic mass is 35.5. The van der Waals surface area contributed by atoms with E-state index in [1.807, 2.05) is 12.1 Å². The van der Waals surface area contributed by atoms with Gasteiger partial charge in [0, 0.05) is 17.5 Å². The van der Waals surface area contributed by atoms with E-state index in [2.05, 4.69) is 45.1 Å². The molecular formula is C15H24ClN. The lowest BCUT2D eigenvalue weighted by atomic mass is 9.88. The Hall–Kier alpha value is -0.530. The minimum absolute atomic E-state index is 0.488. The summed E-state index contributed by atoms with van der Waals surface area (Å²) in [5.41, 5.74) is 1.26. The molecule has 1 atom stereocenters. The lowest BCUT2D eigenvalue weighted by Crippen LogP contribution is -2.28. The Bertz CT molecular complexity index is 333. The Kier molecular flexibility index (Phi) is 6.01. The number of hydrogen-bond acceptors (Lipinski definition) is 1. The minimum atomic E-state index is 0.488. The normalized spacial score (nSPS) is 13.4. The Balaban J connectivity index is 2.69. The van der Waals surface area contributed by atoms with Gasteiger partial charge in [-0.05, 0) is 30.0 Å². The summed E-state index contributed by atoms with van der Waals surface area (Å²) in [5, 5.41) is 4.42. The highest BCUT2D eigenvalue weighted by Crippen LogP contribution is 2.29. The van der Waals surface area contributed by atoms with Crippen LogP contribution in [-0.4, -0.2) is 13.1 Å². The molecule has 1 nitrogen and oxygen atoms in total. The summed E-state index contributed by atoms with van der Waals surface area (Å²) in [6.07, 6.45) is 0. The molecule has 96 valence electrons. The molecule has 0 fully saturated rings. The van der Waals surface area contributed by atoms with E-state index in [0.717, 1.165) is 18.1 Å². The number of nitrogens with one attached hydrogen (secondary N) is 1. The maximum Gasteiger partial charge on any atom is 0.0441 e. The van der Waals surface area contributed by atoms with Crippen molar-refractivity contribution in [3.8, 4) is 0 Å². The van der Waals surface area contributed by atoms with Crippen molar-refractivity contribution in [2.75, 3.05) is 13.1 Å². The Morgan fingerprint density at radius 2 is 1.71 bits per heavy atom. The predicted octanol–water partition coefficient (Wildman–Crippen LogP) is 4.33. The summed E-state index contributed by atoms with van der Waals surface area (Å²) in [4.78, 5) is 0. The Labute approximate surface area is 111 Å². The van der Waals surface area contributed by atoms with Crippen molar-refractivity contribution in [2.24, 2.45) is 11.8 Å². The van der Waals surface area contributed by atoms with E-state index in [1.54, 1.807) is 0 Å². The van der Waals surface area contributed by atoms with Gasteiger partial charge in [0.1, 0.15) is 0 Å². The van der Waals surface area contributed by atoms with Gasteiger partial charge in [-0.25, -0.2) is 0 Å². The van der Waals surface area contributed by atoms with Crippen molar-refractivity contribution in [2.45, 2.75) is 33.6 Å². The molecule has 0 aromatic heterocycles. The van der Waals surface area contributed by atoms with E-state index < -0.39 is 0 Å². The van der Waals surface area contributed by atoms with Crippen LogP contribution in [0.15, 0.2) is 24.3 Å². The molecule has 0 heterocycles. The smallest absolute Gasteiger partial charge is 0.0441 e. The fourth-order valence-electron chi connectivity index (χ4n) is 2.01. The third-order valence-electron chi connectivity index (χ3n) is 3.03. The number of rotatable bonds is 6. The van der Waals surface area contributed by atoms with E-state index in [1.165, 1.54) is 5.56 Å². The van der Waals surface area contributed by atoms with Crippen LogP contribution in [0.3, 0.4) is 0 Å². The largest absolute Gasteiger partial charge is 0.316 e. The van der Waals surface area contributed by atoms with Crippen LogP contribution >= 0.6 is 11.6 Å². The molecule has 1 aromatic carbocycles. The van der Waals surface area contributed by atoms with Crippen molar-refractivity contribution in [1.29, 1.82) is 0 Å². The van der Waals surface area contributed by atoms with Crippen molar-refractivity contribution in [3.05, 3.63) is 34.9 Å². The number of benzene rings is 1. The molecular weight excluding hydrogens is 230 g/mol. The molecule has 0 amide bonds. The Morgan fingerprint density at radius 3 is 2.24 bits per heavy atom. The molecule has 1 rings (SSSR count). The van der Waals surface area contributed by atoms with Crippen LogP contribution < -0.4 is 5.32 Å². The van der Waals surface area contributed by atoms with Gasteiger partial charge in [-0.2, -0.15) is 0 Å². The zero-order valence-electron chi connectivity index (χ0n) is 11.3. The third-order valence-corrected chi connectivity index (χ3v) is 3.37. The topological polar surface area (TPSA) is 12.0 Å². The number of halogens is 1. The summed E-state index contributed by atoms with van der Waals surface area (Å²) in [7, 11) is 0. The fourth-order valence-corrected chi connectivity index (χ4v) is 2.28. The maximum atomic E-state index is 6.28. The van der Waals surface area contributed by atoms with Crippen LogP contribution in [0.1, 0.15) is 39.2 Å². The zero-order chi connectivity index (χ0) is 12.8. The first-order valence-corrected chi connectivity index (χ1v) is 6.85. The second-order valence-electron chi connectivity index (χ2n) is 5.42. The molecule has 0 spiro atoms. The quantitative estimate of drug-likeness (QED) is 0.796. The molecule has 1 unspecified atom stereocenters. The monoisotopic (exact) mass is 253 g/mol. The second-order valence-corrected chi connectivity index (χ2v) is 5.83. The van der Waals surface area contributed by atoms with Crippen molar-refractivity contribution < 1.29 is 0 Å². The van der Waals surface area contributed by atoms with E-state index in [4.69, 9.17) is 11.6 Å². The summed E-state index contributed by atoms with van der Waals surface area (Å²) >= 11 is 6.28. The lowest BCUT2D eigenvalue weighted by Gasteiger charge is -2.23. The van der Waals surface area contributed by atoms with Crippen LogP contribution in [0, 0.1) is 11.8 Å². The SMILES string of the molecule is CC(C)CNCC(c1ccccc1Cl)C(C)C. The van der Waals surface area contributed by atoms with Crippen LogP contribution in [-0.2, 0) is 0 Å². The van der Waals surface area contributed by atoms with Crippen LogP contribution in [0.25, 0.3) is 0 Å². The summed E-state index contributed by atoms with van der Waals surface area (Å²) < 4.78 is 0. The van der Waals surface area contributed by atoms with Crippen molar-refractivity contribution in [3.63, 3.8) is 0 Å². The van der Waals surface area contributed by atoms with E-state index in [0.29, 0.717) is 17.8 Å².